The number of hydrogen-bond acceptors (Lipinski definition) is 2. The summed E-state index contributed by atoms with van der Waals surface area (Å²) in [6.07, 6.45) is 0.916. The average molecular weight is 312 g/mol. The quantitative estimate of drug-likeness (QED) is 0.844. The van der Waals surface area contributed by atoms with E-state index in [9.17, 15) is 14.7 Å². The summed E-state index contributed by atoms with van der Waals surface area (Å²) in [4.78, 5) is 23.7. The lowest BCUT2D eigenvalue weighted by Gasteiger charge is -2.27. The van der Waals surface area contributed by atoms with Crippen molar-refractivity contribution in [2.45, 2.75) is 40.5 Å². The van der Waals surface area contributed by atoms with Crippen LogP contribution in [0.1, 0.15) is 48.2 Å². The predicted molar refractivity (Wildman–Crippen MR) is 83.9 cm³/mol. The molecule has 0 fully saturated rings. The summed E-state index contributed by atoms with van der Waals surface area (Å²) in [5.74, 6) is -1.23. The fourth-order valence-corrected chi connectivity index (χ4v) is 2.48. The van der Waals surface area contributed by atoms with Gasteiger partial charge in [0.2, 0.25) is 0 Å². The van der Waals surface area contributed by atoms with Crippen LogP contribution >= 0.6 is 11.6 Å². The molecule has 1 rings (SSSR count). The van der Waals surface area contributed by atoms with Crippen LogP contribution in [0.25, 0.3) is 0 Å². The first-order valence-electron chi connectivity index (χ1n) is 7.05. The summed E-state index contributed by atoms with van der Waals surface area (Å²) < 4.78 is 0. The van der Waals surface area contributed by atoms with Gasteiger partial charge in [-0.3, -0.25) is 9.59 Å². The second kappa shape index (κ2) is 6.94. The van der Waals surface area contributed by atoms with E-state index in [4.69, 9.17) is 11.6 Å². The molecule has 116 valence electrons. The fourth-order valence-electron chi connectivity index (χ4n) is 2.18. The maximum Gasteiger partial charge on any atom is 0.311 e. The van der Waals surface area contributed by atoms with Crippen molar-refractivity contribution >= 4 is 23.5 Å². The molecule has 0 atom stereocenters. The molecule has 0 aliphatic rings. The normalized spacial score (nSPS) is 11.3. The smallest absolute Gasteiger partial charge is 0.311 e. The van der Waals surface area contributed by atoms with Crippen LogP contribution in [0, 0.1) is 19.3 Å². The van der Waals surface area contributed by atoms with Gasteiger partial charge in [-0.15, -0.1) is 0 Å². The maximum absolute atomic E-state index is 12.2. The number of carbonyl (C=O) groups is 2. The fraction of sp³-hybridized carbons (Fsp3) is 0.500. The molecule has 0 unspecified atom stereocenters. The van der Waals surface area contributed by atoms with E-state index in [1.165, 1.54) is 0 Å². The van der Waals surface area contributed by atoms with Crippen molar-refractivity contribution in [2.75, 3.05) is 6.54 Å². The minimum atomic E-state index is -0.929. The number of carbonyl (C=O) groups excluding carboxylic acids is 1. The van der Waals surface area contributed by atoms with Crippen molar-refractivity contribution in [1.82, 2.24) is 5.32 Å². The van der Waals surface area contributed by atoms with Crippen molar-refractivity contribution in [1.29, 1.82) is 0 Å². The highest BCUT2D eigenvalue weighted by molar-refractivity contribution is 6.34. The van der Waals surface area contributed by atoms with Crippen LogP contribution in [0.2, 0.25) is 5.02 Å². The molecule has 4 nitrogen and oxygen atoms in total. The summed E-state index contributed by atoms with van der Waals surface area (Å²) in [5, 5.41) is 12.5. The summed E-state index contributed by atoms with van der Waals surface area (Å²) >= 11 is 6.10. The monoisotopic (exact) mass is 311 g/mol. The summed E-state index contributed by atoms with van der Waals surface area (Å²) in [7, 11) is 0. The zero-order chi connectivity index (χ0) is 16.2. The van der Waals surface area contributed by atoms with Crippen LogP contribution in [-0.4, -0.2) is 23.5 Å². The number of amides is 1. The Kier molecular flexibility index (Phi) is 5.78. The molecule has 1 amide bonds. The Morgan fingerprint density at radius 2 is 1.71 bits per heavy atom. The Morgan fingerprint density at radius 1 is 1.19 bits per heavy atom. The first-order valence-corrected chi connectivity index (χ1v) is 7.43. The number of aryl methyl sites for hydroxylation is 2. The van der Waals surface area contributed by atoms with E-state index in [-0.39, 0.29) is 12.5 Å². The Bertz CT molecular complexity index is 551. The van der Waals surface area contributed by atoms with Gasteiger partial charge in [-0.1, -0.05) is 25.4 Å². The van der Waals surface area contributed by atoms with Gasteiger partial charge in [0.1, 0.15) is 0 Å². The molecular weight excluding hydrogens is 290 g/mol. The number of carboxylic acids is 1. The van der Waals surface area contributed by atoms with E-state index in [2.05, 4.69) is 5.32 Å². The van der Waals surface area contributed by atoms with Crippen LogP contribution in [0.4, 0.5) is 0 Å². The molecule has 5 heteroatoms. The van der Waals surface area contributed by atoms with Crippen LogP contribution in [0.3, 0.4) is 0 Å². The molecule has 0 saturated carbocycles. The molecule has 1 aromatic carbocycles. The van der Waals surface area contributed by atoms with Crippen LogP contribution in [0.5, 0.6) is 0 Å². The summed E-state index contributed by atoms with van der Waals surface area (Å²) in [6.45, 7) is 7.55. The third kappa shape index (κ3) is 3.76. The SMILES string of the molecule is CCC(CC)(CNC(=O)c1cc(C)c(C)cc1Cl)C(=O)O. The molecule has 0 saturated heterocycles. The topological polar surface area (TPSA) is 66.4 Å². The van der Waals surface area contributed by atoms with Gasteiger partial charge in [-0.25, -0.2) is 0 Å². The Balaban J connectivity index is 2.92. The Labute approximate surface area is 130 Å². The summed E-state index contributed by atoms with van der Waals surface area (Å²) in [6, 6.07) is 3.48. The van der Waals surface area contributed by atoms with E-state index >= 15 is 0 Å². The van der Waals surface area contributed by atoms with Crippen LogP contribution in [0.15, 0.2) is 12.1 Å². The van der Waals surface area contributed by atoms with Crippen molar-refractivity contribution in [3.63, 3.8) is 0 Å². The van der Waals surface area contributed by atoms with Gasteiger partial charge in [0, 0.05) is 6.54 Å². The molecule has 0 heterocycles. The first-order chi connectivity index (χ1) is 9.77. The van der Waals surface area contributed by atoms with E-state index in [1.807, 2.05) is 27.7 Å². The highest BCUT2D eigenvalue weighted by Crippen LogP contribution is 2.26. The van der Waals surface area contributed by atoms with Crippen molar-refractivity contribution in [2.24, 2.45) is 5.41 Å². The molecular formula is C16H22ClNO3. The number of nitrogens with one attached hydrogen (secondary N) is 1. The van der Waals surface area contributed by atoms with Gasteiger partial charge < -0.3 is 10.4 Å². The van der Waals surface area contributed by atoms with Gasteiger partial charge in [-0.05, 0) is 49.9 Å². The second-order valence-electron chi connectivity index (χ2n) is 5.39. The van der Waals surface area contributed by atoms with Crippen LogP contribution in [-0.2, 0) is 4.79 Å². The zero-order valence-corrected chi connectivity index (χ0v) is 13.7. The lowest BCUT2D eigenvalue weighted by atomic mass is 9.82. The van der Waals surface area contributed by atoms with Gasteiger partial charge in [0.05, 0.1) is 16.0 Å². The van der Waals surface area contributed by atoms with Crippen molar-refractivity contribution < 1.29 is 14.7 Å². The Hall–Kier alpha value is -1.55. The predicted octanol–water partition coefficient (Wildman–Crippen LogP) is 3.58. The van der Waals surface area contributed by atoms with E-state index in [1.54, 1.807) is 12.1 Å². The minimum Gasteiger partial charge on any atom is -0.481 e. The Morgan fingerprint density at radius 3 is 2.19 bits per heavy atom. The van der Waals surface area contributed by atoms with Gasteiger partial charge >= 0.3 is 5.97 Å². The molecule has 0 spiro atoms. The highest BCUT2D eigenvalue weighted by Gasteiger charge is 2.35. The number of carboxylic acid groups (broad SMARTS) is 1. The second-order valence-corrected chi connectivity index (χ2v) is 5.80. The third-order valence-electron chi connectivity index (χ3n) is 4.22. The van der Waals surface area contributed by atoms with Crippen molar-refractivity contribution in [3.8, 4) is 0 Å². The molecule has 0 aliphatic carbocycles. The molecule has 21 heavy (non-hydrogen) atoms. The third-order valence-corrected chi connectivity index (χ3v) is 4.54. The molecule has 2 N–H and O–H groups in total. The van der Waals surface area contributed by atoms with Crippen LogP contribution < -0.4 is 5.32 Å². The zero-order valence-electron chi connectivity index (χ0n) is 12.9. The van der Waals surface area contributed by atoms with Crippen molar-refractivity contribution in [3.05, 3.63) is 33.8 Å². The van der Waals surface area contributed by atoms with Gasteiger partial charge in [0.25, 0.3) is 5.91 Å². The molecule has 0 bridgehead atoms. The average Bonchev–Trinajstić information content (AvgIpc) is 2.44. The number of rotatable bonds is 6. The van der Waals surface area contributed by atoms with E-state index in [0.717, 1.165) is 11.1 Å². The highest BCUT2D eigenvalue weighted by atomic mass is 35.5. The maximum atomic E-state index is 12.2. The largest absolute Gasteiger partial charge is 0.481 e. The number of aliphatic carboxylic acids is 1. The number of hydrogen-bond donors (Lipinski definition) is 2. The van der Waals surface area contributed by atoms with Gasteiger partial charge in [-0.2, -0.15) is 0 Å². The molecule has 0 aromatic heterocycles. The van der Waals surface area contributed by atoms with Gasteiger partial charge in [0.15, 0.2) is 0 Å². The molecule has 0 radical (unpaired) electrons. The lowest BCUT2D eigenvalue weighted by molar-refractivity contribution is -0.149. The lowest BCUT2D eigenvalue weighted by Crippen LogP contribution is -2.42. The number of halogens is 1. The first kappa shape index (κ1) is 17.5. The summed E-state index contributed by atoms with van der Waals surface area (Å²) in [5.41, 5.74) is 1.44. The molecule has 1 aromatic rings. The standard InChI is InChI=1S/C16H22ClNO3/c1-5-16(6-2,15(20)21)9-18-14(19)12-7-10(3)11(4)8-13(12)17/h7-8H,5-6,9H2,1-4H3,(H,18,19)(H,20,21). The minimum absolute atomic E-state index is 0.0947. The molecule has 0 aliphatic heterocycles. The van der Waals surface area contributed by atoms with E-state index in [0.29, 0.717) is 23.4 Å². The number of benzene rings is 1. The van der Waals surface area contributed by atoms with E-state index < -0.39 is 11.4 Å².